The third-order valence-electron chi connectivity index (χ3n) is 4.82. The summed E-state index contributed by atoms with van der Waals surface area (Å²) in [6.45, 7) is 3.90. The zero-order valence-corrected chi connectivity index (χ0v) is 16.5. The summed E-state index contributed by atoms with van der Waals surface area (Å²) in [6, 6.07) is 9.49. The second kappa shape index (κ2) is 7.69. The first-order chi connectivity index (χ1) is 13.6. The Balaban J connectivity index is 1.66. The Bertz CT molecular complexity index is 1020. The van der Waals surface area contributed by atoms with Crippen molar-refractivity contribution in [1.82, 2.24) is 24.6 Å². The van der Waals surface area contributed by atoms with Gasteiger partial charge in [0.25, 0.3) is 0 Å². The number of methoxy groups -OCH3 is 1. The Morgan fingerprint density at radius 2 is 2.07 bits per heavy atom. The van der Waals surface area contributed by atoms with Gasteiger partial charge in [0.05, 0.1) is 12.8 Å². The van der Waals surface area contributed by atoms with Gasteiger partial charge in [0.15, 0.2) is 5.69 Å². The van der Waals surface area contributed by atoms with E-state index in [0.717, 1.165) is 35.7 Å². The van der Waals surface area contributed by atoms with Gasteiger partial charge in [-0.25, -0.2) is 19.4 Å². The van der Waals surface area contributed by atoms with Gasteiger partial charge < -0.3 is 4.74 Å². The molecular formula is C20H20ClN5O2. The predicted octanol–water partition coefficient (Wildman–Crippen LogP) is 2.97. The summed E-state index contributed by atoms with van der Waals surface area (Å²) >= 11 is 6.65. The monoisotopic (exact) mass is 397 g/mol. The van der Waals surface area contributed by atoms with Crippen LogP contribution >= 0.6 is 11.6 Å². The average molecular weight is 398 g/mol. The number of carbonyl (C=O) groups excluding carboxylic acids is 1. The van der Waals surface area contributed by atoms with Crippen molar-refractivity contribution in [2.75, 3.05) is 13.7 Å². The molecule has 0 fully saturated rings. The van der Waals surface area contributed by atoms with Crippen LogP contribution in [0.15, 0.2) is 36.5 Å². The molecule has 4 rings (SSSR count). The summed E-state index contributed by atoms with van der Waals surface area (Å²) in [5.74, 6) is 0.287. The Labute approximate surface area is 167 Å². The highest BCUT2D eigenvalue weighted by atomic mass is 35.5. The van der Waals surface area contributed by atoms with Crippen LogP contribution in [0.4, 0.5) is 0 Å². The first-order valence-electron chi connectivity index (χ1n) is 9.01. The maximum absolute atomic E-state index is 12.3. The smallest absolute Gasteiger partial charge is 0.358 e. The highest BCUT2D eigenvalue weighted by Gasteiger charge is 2.27. The van der Waals surface area contributed by atoms with E-state index in [4.69, 9.17) is 16.3 Å². The third kappa shape index (κ3) is 3.50. The van der Waals surface area contributed by atoms with Crippen molar-refractivity contribution in [3.8, 4) is 5.69 Å². The Morgan fingerprint density at radius 3 is 2.82 bits per heavy atom. The van der Waals surface area contributed by atoms with Crippen molar-refractivity contribution in [2.24, 2.45) is 0 Å². The molecule has 28 heavy (non-hydrogen) atoms. The van der Waals surface area contributed by atoms with Crippen LogP contribution in [0.3, 0.4) is 0 Å². The van der Waals surface area contributed by atoms with E-state index in [-0.39, 0.29) is 5.69 Å². The van der Waals surface area contributed by atoms with Crippen LogP contribution in [-0.4, -0.2) is 44.3 Å². The van der Waals surface area contributed by atoms with Crippen molar-refractivity contribution in [3.05, 3.63) is 70.0 Å². The molecule has 0 radical (unpaired) electrons. The van der Waals surface area contributed by atoms with Crippen molar-refractivity contribution in [2.45, 2.75) is 26.4 Å². The van der Waals surface area contributed by atoms with E-state index in [1.54, 1.807) is 4.68 Å². The van der Waals surface area contributed by atoms with Crippen LogP contribution in [0, 0.1) is 6.92 Å². The first-order valence-corrected chi connectivity index (χ1v) is 9.39. The number of aromatic nitrogens is 4. The second-order valence-corrected chi connectivity index (χ2v) is 7.06. The summed E-state index contributed by atoms with van der Waals surface area (Å²) < 4.78 is 6.50. The summed E-state index contributed by atoms with van der Waals surface area (Å²) in [6.07, 6.45) is 2.71. The van der Waals surface area contributed by atoms with E-state index < -0.39 is 5.97 Å². The normalized spacial score (nSPS) is 14.0. The summed E-state index contributed by atoms with van der Waals surface area (Å²) in [4.78, 5) is 23.3. The van der Waals surface area contributed by atoms with E-state index in [2.05, 4.69) is 20.0 Å². The van der Waals surface area contributed by atoms with Crippen molar-refractivity contribution >= 4 is 17.6 Å². The molecule has 0 unspecified atom stereocenters. The molecule has 2 aromatic heterocycles. The number of esters is 1. The molecule has 1 aliphatic rings. The number of aryl methyl sites for hydroxylation is 1. The first kappa shape index (κ1) is 18.6. The topological polar surface area (TPSA) is 73.1 Å². The number of para-hydroxylation sites is 1. The van der Waals surface area contributed by atoms with Gasteiger partial charge in [0.2, 0.25) is 0 Å². The number of rotatable bonds is 4. The molecule has 144 valence electrons. The largest absolute Gasteiger partial charge is 0.464 e. The van der Waals surface area contributed by atoms with Crippen molar-refractivity contribution < 1.29 is 9.53 Å². The number of nitrogens with zero attached hydrogens (tertiary/aromatic N) is 5. The van der Waals surface area contributed by atoms with E-state index in [1.807, 2.05) is 43.5 Å². The van der Waals surface area contributed by atoms with Gasteiger partial charge in [-0.05, 0) is 19.1 Å². The van der Waals surface area contributed by atoms with Crippen LogP contribution in [0.1, 0.15) is 33.1 Å². The van der Waals surface area contributed by atoms with Gasteiger partial charge in [0, 0.05) is 49.1 Å². The van der Waals surface area contributed by atoms with Crippen LogP contribution in [-0.2, 0) is 24.2 Å². The lowest BCUT2D eigenvalue weighted by Crippen LogP contribution is -2.31. The van der Waals surface area contributed by atoms with Gasteiger partial charge in [-0.3, -0.25) is 4.90 Å². The molecule has 0 saturated heterocycles. The molecule has 0 aliphatic carbocycles. The van der Waals surface area contributed by atoms with Gasteiger partial charge in [0.1, 0.15) is 11.0 Å². The number of hydrogen-bond donors (Lipinski definition) is 0. The van der Waals surface area contributed by atoms with E-state index >= 15 is 0 Å². The summed E-state index contributed by atoms with van der Waals surface area (Å²) in [5, 5.41) is 4.85. The Morgan fingerprint density at radius 1 is 1.29 bits per heavy atom. The van der Waals surface area contributed by atoms with Crippen molar-refractivity contribution in [1.29, 1.82) is 0 Å². The fraction of sp³-hybridized carbons (Fsp3) is 0.300. The van der Waals surface area contributed by atoms with E-state index in [9.17, 15) is 4.79 Å². The molecule has 0 amide bonds. The minimum Gasteiger partial charge on any atom is -0.464 e. The van der Waals surface area contributed by atoms with Crippen LogP contribution in [0.5, 0.6) is 0 Å². The SMILES string of the molecule is COC(=O)c1nn(-c2ccccc2)c(Cl)c1CN1CCc2nc(C)ncc2C1. The number of ether oxygens (including phenoxy) is 1. The predicted molar refractivity (Wildman–Crippen MR) is 105 cm³/mol. The van der Waals surface area contributed by atoms with Crippen LogP contribution < -0.4 is 0 Å². The minimum atomic E-state index is -0.497. The maximum Gasteiger partial charge on any atom is 0.358 e. The van der Waals surface area contributed by atoms with E-state index in [1.165, 1.54) is 7.11 Å². The van der Waals surface area contributed by atoms with Gasteiger partial charge in [-0.15, -0.1) is 0 Å². The third-order valence-corrected chi connectivity index (χ3v) is 5.20. The molecule has 3 aromatic rings. The average Bonchev–Trinajstić information content (AvgIpc) is 3.04. The lowest BCUT2D eigenvalue weighted by atomic mass is 10.1. The molecule has 0 N–H and O–H groups in total. The molecule has 0 atom stereocenters. The van der Waals surface area contributed by atoms with Gasteiger partial charge in [-0.2, -0.15) is 5.10 Å². The number of hydrogen-bond acceptors (Lipinski definition) is 6. The number of halogens is 1. The molecule has 0 saturated carbocycles. The Hall–Kier alpha value is -2.77. The number of carbonyl (C=O) groups is 1. The minimum absolute atomic E-state index is 0.238. The molecule has 0 spiro atoms. The molecule has 1 aromatic carbocycles. The lowest BCUT2D eigenvalue weighted by Gasteiger charge is -2.27. The zero-order valence-electron chi connectivity index (χ0n) is 15.7. The molecular weight excluding hydrogens is 378 g/mol. The quantitative estimate of drug-likeness (QED) is 0.630. The summed E-state index contributed by atoms with van der Waals surface area (Å²) in [5.41, 5.74) is 3.87. The fourth-order valence-electron chi connectivity index (χ4n) is 3.40. The summed E-state index contributed by atoms with van der Waals surface area (Å²) in [7, 11) is 1.35. The highest BCUT2D eigenvalue weighted by Crippen LogP contribution is 2.27. The number of fused-ring (bicyclic) bond motifs is 1. The van der Waals surface area contributed by atoms with E-state index in [0.29, 0.717) is 23.8 Å². The maximum atomic E-state index is 12.3. The number of benzene rings is 1. The lowest BCUT2D eigenvalue weighted by molar-refractivity contribution is 0.0591. The van der Waals surface area contributed by atoms with Crippen molar-refractivity contribution in [3.63, 3.8) is 0 Å². The second-order valence-electron chi connectivity index (χ2n) is 6.71. The molecule has 8 heteroatoms. The molecule has 0 bridgehead atoms. The fourth-order valence-corrected chi connectivity index (χ4v) is 3.69. The molecule has 3 heterocycles. The van der Waals surface area contributed by atoms with Gasteiger partial charge in [-0.1, -0.05) is 29.8 Å². The highest BCUT2D eigenvalue weighted by molar-refractivity contribution is 6.31. The Kier molecular flexibility index (Phi) is 5.11. The van der Waals surface area contributed by atoms with Crippen LogP contribution in [0.25, 0.3) is 5.69 Å². The standard InChI is InChI=1S/C20H20ClN5O2/c1-13-22-10-14-11-25(9-8-17(14)23-13)12-16-18(20(27)28-2)24-26(19(16)21)15-6-4-3-5-7-15/h3-7,10H,8-9,11-12H2,1-2H3. The van der Waals surface area contributed by atoms with Crippen LogP contribution in [0.2, 0.25) is 5.15 Å². The van der Waals surface area contributed by atoms with Gasteiger partial charge >= 0.3 is 5.97 Å². The molecule has 7 nitrogen and oxygen atoms in total. The molecule has 1 aliphatic heterocycles. The zero-order chi connectivity index (χ0) is 19.7.